The molecule has 0 aromatic heterocycles. The van der Waals surface area contributed by atoms with Crippen LogP contribution in [0.2, 0.25) is 0 Å². The molecule has 0 bridgehead atoms. The van der Waals surface area contributed by atoms with Crippen molar-refractivity contribution in [2.24, 2.45) is 17.1 Å². The Morgan fingerprint density at radius 3 is 2.50 bits per heavy atom. The van der Waals surface area contributed by atoms with E-state index in [4.69, 9.17) is 10.5 Å². The van der Waals surface area contributed by atoms with E-state index < -0.39 is 0 Å². The summed E-state index contributed by atoms with van der Waals surface area (Å²) in [5, 5.41) is 0. The molecule has 60 valence electrons. The topological polar surface area (TPSA) is 35.2 Å². The molecule has 0 amide bonds. The summed E-state index contributed by atoms with van der Waals surface area (Å²) in [6, 6.07) is 0. The van der Waals surface area contributed by atoms with E-state index in [1.54, 1.807) is 0 Å². The van der Waals surface area contributed by atoms with Gasteiger partial charge < -0.3 is 10.5 Å². The van der Waals surface area contributed by atoms with E-state index in [1.807, 2.05) is 0 Å². The zero-order valence-corrected chi connectivity index (χ0v) is 6.89. The number of nitrogens with two attached hydrogens (primary N) is 1. The third-order valence-electron chi connectivity index (χ3n) is 2.65. The first kappa shape index (κ1) is 8.02. The van der Waals surface area contributed by atoms with Crippen LogP contribution in [-0.2, 0) is 4.74 Å². The van der Waals surface area contributed by atoms with Crippen LogP contribution in [0.4, 0.5) is 0 Å². The molecule has 2 N–H and O–H groups in total. The van der Waals surface area contributed by atoms with Crippen molar-refractivity contribution in [1.82, 2.24) is 0 Å². The summed E-state index contributed by atoms with van der Waals surface area (Å²) in [7, 11) is 0. The molecule has 1 rings (SSSR count). The van der Waals surface area contributed by atoms with Crippen molar-refractivity contribution in [2.45, 2.75) is 20.3 Å². The molecule has 0 aromatic rings. The Labute approximate surface area is 62.7 Å². The van der Waals surface area contributed by atoms with Crippen LogP contribution in [0.3, 0.4) is 0 Å². The summed E-state index contributed by atoms with van der Waals surface area (Å²) in [6.07, 6.45) is 1.12. The summed E-state index contributed by atoms with van der Waals surface area (Å²) in [4.78, 5) is 0. The number of hydrogen-bond acceptors (Lipinski definition) is 2. The van der Waals surface area contributed by atoms with E-state index in [9.17, 15) is 0 Å². The molecule has 2 nitrogen and oxygen atoms in total. The fourth-order valence-corrected chi connectivity index (χ4v) is 1.31. The molecule has 1 unspecified atom stereocenters. The van der Waals surface area contributed by atoms with Crippen molar-refractivity contribution in [3.63, 3.8) is 0 Å². The SMILES string of the molecule is CC(CCN)C1(C)COC1. The lowest BCUT2D eigenvalue weighted by molar-refractivity contribution is -0.131. The van der Waals surface area contributed by atoms with Crippen LogP contribution >= 0.6 is 0 Å². The van der Waals surface area contributed by atoms with Crippen LogP contribution in [0.5, 0.6) is 0 Å². The Hall–Kier alpha value is -0.0800. The van der Waals surface area contributed by atoms with Crippen LogP contribution in [0.25, 0.3) is 0 Å². The normalized spacial score (nSPS) is 25.5. The highest BCUT2D eigenvalue weighted by Crippen LogP contribution is 2.36. The molecule has 1 aliphatic rings. The Kier molecular flexibility index (Phi) is 2.32. The Morgan fingerprint density at radius 1 is 1.60 bits per heavy atom. The molecule has 0 radical (unpaired) electrons. The first-order chi connectivity index (χ1) is 4.69. The van der Waals surface area contributed by atoms with E-state index in [1.165, 1.54) is 0 Å². The van der Waals surface area contributed by atoms with E-state index in [2.05, 4.69) is 13.8 Å². The van der Waals surface area contributed by atoms with Crippen LogP contribution < -0.4 is 5.73 Å². The third-order valence-corrected chi connectivity index (χ3v) is 2.65. The second kappa shape index (κ2) is 2.89. The molecular formula is C8H17NO. The summed E-state index contributed by atoms with van der Waals surface area (Å²) in [5.74, 6) is 0.714. The quantitative estimate of drug-likeness (QED) is 0.640. The monoisotopic (exact) mass is 143 g/mol. The largest absolute Gasteiger partial charge is 0.380 e. The highest BCUT2D eigenvalue weighted by Gasteiger charge is 2.37. The number of ether oxygens (including phenoxy) is 1. The van der Waals surface area contributed by atoms with Gasteiger partial charge in [-0.2, -0.15) is 0 Å². The van der Waals surface area contributed by atoms with E-state index in [-0.39, 0.29) is 0 Å². The molecule has 1 aliphatic heterocycles. The third kappa shape index (κ3) is 1.32. The molecule has 0 aromatic carbocycles. The number of rotatable bonds is 3. The Bertz CT molecular complexity index is 110. The highest BCUT2D eigenvalue weighted by molar-refractivity contribution is 4.85. The van der Waals surface area contributed by atoms with Gasteiger partial charge in [-0.15, -0.1) is 0 Å². The first-order valence-electron chi connectivity index (χ1n) is 3.97. The van der Waals surface area contributed by atoms with Gasteiger partial charge in [-0.05, 0) is 18.9 Å². The van der Waals surface area contributed by atoms with Gasteiger partial charge in [-0.1, -0.05) is 13.8 Å². The lowest BCUT2D eigenvalue weighted by atomic mass is 9.75. The zero-order chi connectivity index (χ0) is 7.61. The number of hydrogen-bond donors (Lipinski definition) is 1. The second-order valence-corrected chi connectivity index (χ2v) is 3.63. The van der Waals surface area contributed by atoms with Gasteiger partial charge in [0.2, 0.25) is 0 Å². The minimum Gasteiger partial charge on any atom is -0.380 e. The van der Waals surface area contributed by atoms with Gasteiger partial charge in [-0.25, -0.2) is 0 Å². The molecule has 10 heavy (non-hydrogen) atoms. The van der Waals surface area contributed by atoms with E-state index in [0.717, 1.165) is 26.2 Å². The van der Waals surface area contributed by atoms with Gasteiger partial charge in [0.1, 0.15) is 0 Å². The van der Waals surface area contributed by atoms with Crippen molar-refractivity contribution in [3.05, 3.63) is 0 Å². The van der Waals surface area contributed by atoms with Crippen LogP contribution in [0.15, 0.2) is 0 Å². The lowest BCUT2D eigenvalue weighted by Crippen LogP contribution is -2.45. The van der Waals surface area contributed by atoms with Gasteiger partial charge >= 0.3 is 0 Å². The molecule has 2 heteroatoms. The Morgan fingerprint density at radius 2 is 2.20 bits per heavy atom. The van der Waals surface area contributed by atoms with Crippen molar-refractivity contribution in [2.75, 3.05) is 19.8 Å². The van der Waals surface area contributed by atoms with Crippen LogP contribution in [0.1, 0.15) is 20.3 Å². The fourth-order valence-electron chi connectivity index (χ4n) is 1.31. The minimum absolute atomic E-state index is 0.430. The average Bonchev–Trinajstić information content (AvgIpc) is 1.83. The molecular weight excluding hydrogens is 126 g/mol. The standard InChI is InChI=1S/C8H17NO/c1-7(3-4-9)8(2)5-10-6-8/h7H,3-6,9H2,1-2H3. The summed E-state index contributed by atoms with van der Waals surface area (Å²) < 4.78 is 5.16. The van der Waals surface area contributed by atoms with Crippen molar-refractivity contribution in [1.29, 1.82) is 0 Å². The van der Waals surface area contributed by atoms with Gasteiger partial charge in [0.05, 0.1) is 13.2 Å². The van der Waals surface area contributed by atoms with Gasteiger partial charge in [0, 0.05) is 5.41 Å². The van der Waals surface area contributed by atoms with Gasteiger partial charge in [0.25, 0.3) is 0 Å². The van der Waals surface area contributed by atoms with E-state index in [0.29, 0.717) is 11.3 Å². The van der Waals surface area contributed by atoms with Gasteiger partial charge in [0.15, 0.2) is 0 Å². The molecule has 0 aliphatic carbocycles. The predicted octanol–water partition coefficient (Wildman–Crippen LogP) is 1.01. The molecule has 1 atom stereocenters. The highest BCUT2D eigenvalue weighted by atomic mass is 16.5. The molecule has 1 fully saturated rings. The van der Waals surface area contributed by atoms with Gasteiger partial charge in [-0.3, -0.25) is 0 Å². The minimum atomic E-state index is 0.430. The zero-order valence-electron chi connectivity index (χ0n) is 6.89. The smallest absolute Gasteiger partial charge is 0.0544 e. The molecule has 1 saturated heterocycles. The van der Waals surface area contributed by atoms with Crippen LogP contribution in [0, 0.1) is 11.3 Å². The van der Waals surface area contributed by atoms with Crippen molar-refractivity contribution in [3.8, 4) is 0 Å². The summed E-state index contributed by atoms with van der Waals surface area (Å²) in [6.45, 7) is 7.19. The average molecular weight is 143 g/mol. The maximum Gasteiger partial charge on any atom is 0.0544 e. The first-order valence-corrected chi connectivity index (χ1v) is 3.97. The van der Waals surface area contributed by atoms with Crippen LogP contribution in [-0.4, -0.2) is 19.8 Å². The second-order valence-electron chi connectivity index (χ2n) is 3.63. The fraction of sp³-hybridized carbons (Fsp3) is 1.00. The summed E-state index contributed by atoms with van der Waals surface area (Å²) >= 11 is 0. The van der Waals surface area contributed by atoms with Crippen molar-refractivity contribution >= 4 is 0 Å². The van der Waals surface area contributed by atoms with Crippen molar-refractivity contribution < 1.29 is 4.74 Å². The Balaban J connectivity index is 2.31. The molecule has 0 saturated carbocycles. The maximum absolute atomic E-state index is 5.46. The predicted molar refractivity (Wildman–Crippen MR) is 41.8 cm³/mol. The van der Waals surface area contributed by atoms with E-state index >= 15 is 0 Å². The maximum atomic E-state index is 5.46. The molecule has 0 spiro atoms. The lowest BCUT2D eigenvalue weighted by Gasteiger charge is -2.43. The molecule has 1 heterocycles. The summed E-state index contributed by atoms with van der Waals surface area (Å²) in [5.41, 5.74) is 5.89.